The molecule has 1 aliphatic carbocycles. The number of rotatable bonds is 5. The molecule has 1 aliphatic rings. The van der Waals surface area contributed by atoms with Gasteiger partial charge in [0.2, 0.25) is 0 Å². The molecule has 0 aliphatic heterocycles. The van der Waals surface area contributed by atoms with Crippen molar-refractivity contribution in [2.75, 3.05) is 11.9 Å². The second-order valence-corrected chi connectivity index (χ2v) is 5.54. The molecule has 0 spiro atoms. The molecule has 0 atom stereocenters. The normalized spacial score (nSPS) is 14.6. The van der Waals surface area contributed by atoms with Gasteiger partial charge in [-0.05, 0) is 41.3 Å². The summed E-state index contributed by atoms with van der Waals surface area (Å²) in [6, 6.07) is 2.07. The number of aromatic nitrogens is 4. The average Bonchev–Trinajstić information content (AvgIpc) is 3.16. The summed E-state index contributed by atoms with van der Waals surface area (Å²) >= 11 is 3.56. The largest absolute Gasteiger partial charge is 0.369 e. The van der Waals surface area contributed by atoms with Gasteiger partial charge in [0.1, 0.15) is 16.6 Å². The number of anilines is 1. The van der Waals surface area contributed by atoms with Crippen LogP contribution in [0.25, 0.3) is 5.82 Å². The van der Waals surface area contributed by atoms with Crippen LogP contribution in [0, 0.1) is 0 Å². The van der Waals surface area contributed by atoms with Crippen molar-refractivity contribution in [3.63, 3.8) is 0 Å². The molecular weight excluding hydrogens is 306 g/mol. The van der Waals surface area contributed by atoms with Gasteiger partial charge in [-0.1, -0.05) is 6.92 Å². The van der Waals surface area contributed by atoms with Crippen LogP contribution in [0.1, 0.15) is 37.8 Å². The van der Waals surface area contributed by atoms with Crippen molar-refractivity contribution >= 4 is 21.7 Å². The zero-order valence-corrected chi connectivity index (χ0v) is 12.4. The van der Waals surface area contributed by atoms with Crippen LogP contribution < -0.4 is 5.32 Å². The Labute approximate surface area is 120 Å². The van der Waals surface area contributed by atoms with Gasteiger partial charge in [-0.2, -0.15) is 5.10 Å². The van der Waals surface area contributed by atoms with Crippen LogP contribution in [0.4, 0.5) is 5.82 Å². The van der Waals surface area contributed by atoms with E-state index in [4.69, 9.17) is 0 Å². The van der Waals surface area contributed by atoms with E-state index in [1.807, 2.05) is 10.9 Å². The van der Waals surface area contributed by atoms with E-state index in [1.165, 1.54) is 12.8 Å². The monoisotopic (exact) mass is 321 g/mol. The van der Waals surface area contributed by atoms with Gasteiger partial charge in [-0.25, -0.2) is 14.6 Å². The van der Waals surface area contributed by atoms with Crippen LogP contribution in [0.3, 0.4) is 0 Å². The maximum atomic E-state index is 4.59. The Hall–Kier alpha value is -1.43. The van der Waals surface area contributed by atoms with Crippen molar-refractivity contribution < 1.29 is 0 Å². The van der Waals surface area contributed by atoms with Crippen molar-refractivity contribution in [3.8, 4) is 5.82 Å². The quantitative estimate of drug-likeness (QED) is 0.919. The Morgan fingerprint density at radius 2 is 2.26 bits per heavy atom. The van der Waals surface area contributed by atoms with E-state index >= 15 is 0 Å². The molecule has 6 heteroatoms. The summed E-state index contributed by atoms with van der Waals surface area (Å²) in [5.74, 6) is 2.25. The summed E-state index contributed by atoms with van der Waals surface area (Å²) in [7, 11) is 0. The molecule has 0 unspecified atom stereocenters. The van der Waals surface area contributed by atoms with Gasteiger partial charge in [0.05, 0.1) is 5.69 Å². The average molecular weight is 322 g/mol. The van der Waals surface area contributed by atoms with Crippen LogP contribution >= 0.6 is 15.9 Å². The molecule has 0 bridgehead atoms. The number of hydrogen-bond acceptors (Lipinski definition) is 4. The third kappa shape index (κ3) is 2.63. The lowest BCUT2D eigenvalue weighted by atomic mass is 10.3. The molecule has 0 amide bonds. The number of halogens is 1. The molecule has 0 radical (unpaired) electrons. The van der Waals surface area contributed by atoms with Crippen LogP contribution in [-0.4, -0.2) is 26.3 Å². The Balaban J connectivity index is 1.89. The van der Waals surface area contributed by atoms with Gasteiger partial charge in [0.15, 0.2) is 5.82 Å². The summed E-state index contributed by atoms with van der Waals surface area (Å²) in [6.07, 6.45) is 7.09. The lowest BCUT2D eigenvalue weighted by Crippen LogP contribution is -2.07. The van der Waals surface area contributed by atoms with E-state index in [0.29, 0.717) is 5.92 Å². The highest BCUT2D eigenvalue weighted by atomic mass is 79.9. The molecule has 100 valence electrons. The minimum absolute atomic E-state index is 0.652. The molecule has 0 saturated heterocycles. The predicted octanol–water partition coefficient (Wildman–Crippen LogP) is 3.12. The topological polar surface area (TPSA) is 55.6 Å². The minimum atomic E-state index is 0.652. The standard InChI is InChI=1S/C13H16BrN5/c1-2-6-15-12-11(14)13(17-8-16-12)19-7-5-10(18-19)9-3-4-9/h5,7-9H,2-4,6H2,1H3,(H,15,16,17). The fourth-order valence-electron chi connectivity index (χ4n) is 1.94. The first-order chi connectivity index (χ1) is 9.29. The van der Waals surface area contributed by atoms with Crippen molar-refractivity contribution in [1.82, 2.24) is 19.7 Å². The summed E-state index contributed by atoms with van der Waals surface area (Å²) in [4.78, 5) is 8.56. The maximum absolute atomic E-state index is 4.59. The molecule has 1 N–H and O–H groups in total. The van der Waals surface area contributed by atoms with E-state index in [0.717, 1.165) is 34.8 Å². The van der Waals surface area contributed by atoms with Crippen LogP contribution in [0.15, 0.2) is 23.1 Å². The maximum Gasteiger partial charge on any atom is 0.173 e. The van der Waals surface area contributed by atoms with E-state index in [-0.39, 0.29) is 0 Å². The lowest BCUT2D eigenvalue weighted by Gasteiger charge is -2.09. The summed E-state index contributed by atoms with van der Waals surface area (Å²) < 4.78 is 2.67. The van der Waals surface area contributed by atoms with Crippen molar-refractivity contribution in [3.05, 3.63) is 28.8 Å². The van der Waals surface area contributed by atoms with Gasteiger partial charge in [0.25, 0.3) is 0 Å². The van der Waals surface area contributed by atoms with Gasteiger partial charge >= 0.3 is 0 Å². The smallest absolute Gasteiger partial charge is 0.173 e. The van der Waals surface area contributed by atoms with Crippen molar-refractivity contribution in [1.29, 1.82) is 0 Å². The Morgan fingerprint density at radius 1 is 1.42 bits per heavy atom. The summed E-state index contributed by atoms with van der Waals surface area (Å²) in [6.45, 7) is 3.01. The molecule has 2 heterocycles. The molecule has 1 saturated carbocycles. The molecule has 5 nitrogen and oxygen atoms in total. The SMILES string of the molecule is CCCNc1ncnc(-n2ccc(C3CC3)n2)c1Br. The Morgan fingerprint density at radius 3 is 3.00 bits per heavy atom. The summed E-state index contributed by atoms with van der Waals surface area (Å²) in [5.41, 5.74) is 1.16. The van der Waals surface area contributed by atoms with Gasteiger partial charge in [-0.15, -0.1) is 0 Å². The van der Waals surface area contributed by atoms with E-state index in [2.05, 4.69) is 49.3 Å². The highest BCUT2D eigenvalue weighted by Gasteiger charge is 2.26. The fourth-order valence-corrected chi connectivity index (χ4v) is 2.47. The highest BCUT2D eigenvalue weighted by molar-refractivity contribution is 9.10. The fraction of sp³-hybridized carbons (Fsp3) is 0.462. The molecule has 0 aromatic carbocycles. The minimum Gasteiger partial charge on any atom is -0.369 e. The van der Waals surface area contributed by atoms with Crippen molar-refractivity contribution in [2.24, 2.45) is 0 Å². The molecule has 19 heavy (non-hydrogen) atoms. The first-order valence-electron chi connectivity index (χ1n) is 6.60. The summed E-state index contributed by atoms with van der Waals surface area (Å²) in [5, 5.41) is 7.87. The van der Waals surface area contributed by atoms with E-state index in [1.54, 1.807) is 6.33 Å². The third-order valence-corrected chi connectivity index (χ3v) is 3.87. The molecule has 2 aromatic heterocycles. The zero-order valence-electron chi connectivity index (χ0n) is 10.8. The molecular formula is C13H16BrN5. The highest BCUT2D eigenvalue weighted by Crippen LogP contribution is 2.39. The number of nitrogens with one attached hydrogen (secondary N) is 1. The van der Waals surface area contributed by atoms with Crippen LogP contribution in [0.2, 0.25) is 0 Å². The Bertz CT molecular complexity index is 576. The molecule has 2 aromatic rings. The Kier molecular flexibility index (Phi) is 3.50. The number of nitrogens with zero attached hydrogens (tertiary/aromatic N) is 4. The zero-order chi connectivity index (χ0) is 13.2. The molecule has 1 fully saturated rings. The number of hydrogen-bond donors (Lipinski definition) is 1. The first-order valence-corrected chi connectivity index (χ1v) is 7.39. The van der Waals surface area contributed by atoms with Gasteiger partial charge in [0, 0.05) is 18.7 Å². The van der Waals surface area contributed by atoms with Crippen LogP contribution in [0.5, 0.6) is 0 Å². The van der Waals surface area contributed by atoms with E-state index in [9.17, 15) is 0 Å². The predicted molar refractivity (Wildman–Crippen MR) is 77.6 cm³/mol. The second-order valence-electron chi connectivity index (χ2n) is 4.75. The van der Waals surface area contributed by atoms with Crippen molar-refractivity contribution in [2.45, 2.75) is 32.1 Å². The molecule has 3 rings (SSSR count). The third-order valence-electron chi connectivity index (χ3n) is 3.14. The lowest BCUT2D eigenvalue weighted by molar-refractivity contribution is 0.802. The van der Waals surface area contributed by atoms with Gasteiger partial charge < -0.3 is 5.32 Å². The van der Waals surface area contributed by atoms with Gasteiger partial charge in [-0.3, -0.25) is 0 Å². The first kappa shape index (κ1) is 12.6. The van der Waals surface area contributed by atoms with E-state index < -0.39 is 0 Å². The second kappa shape index (κ2) is 5.28. The van der Waals surface area contributed by atoms with Crippen LogP contribution in [-0.2, 0) is 0 Å².